The van der Waals surface area contributed by atoms with E-state index in [1.165, 1.54) is 0 Å². The summed E-state index contributed by atoms with van der Waals surface area (Å²) in [6, 6.07) is 2.91. The van der Waals surface area contributed by atoms with Gasteiger partial charge in [0.15, 0.2) is 0 Å². The van der Waals surface area contributed by atoms with Gasteiger partial charge in [-0.05, 0) is 18.1 Å². The van der Waals surface area contributed by atoms with Gasteiger partial charge in [0.05, 0.1) is 11.6 Å². The zero-order chi connectivity index (χ0) is 13.0. The lowest BCUT2D eigenvalue weighted by molar-refractivity contribution is -0.120. The Morgan fingerprint density at radius 1 is 1.41 bits per heavy atom. The van der Waals surface area contributed by atoms with Gasteiger partial charge < -0.3 is 11.1 Å². The SMILES string of the molecule is CC(C)C(CN)C(=O)Nc1cc(F)ccc1F. The minimum atomic E-state index is -0.667. The molecule has 3 nitrogen and oxygen atoms in total. The summed E-state index contributed by atoms with van der Waals surface area (Å²) in [6.45, 7) is 3.86. The molecule has 0 aromatic heterocycles. The number of anilines is 1. The van der Waals surface area contributed by atoms with Gasteiger partial charge in [-0.25, -0.2) is 8.78 Å². The molecular formula is C12H16F2N2O. The summed E-state index contributed by atoms with van der Waals surface area (Å²) in [5.74, 6) is -2.05. The molecule has 94 valence electrons. The first-order valence-corrected chi connectivity index (χ1v) is 5.41. The molecule has 1 aromatic carbocycles. The van der Waals surface area contributed by atoms with Crippen LogP contribution in [0.4, 0.5) is 14.5 Å². The highest BCUT2D eigenvalue weighted by atomic mass is 19.1. The van der Waals surface area contributed by atoms with Gasteiger partial charge in [-0.3, -0.25) is 4.79 Å². The van der Waals surface area contributed by atoms with E-state index in [9.17, 15) is 13.6 Å². The van der Waals surface area contributed by atoms with Crippen LogP contribution in [0, 0.1) is 23.5 Å². The van der Waals surface area contributed by atoms with E-state index >= 15 is 0 Å². The Kier molecular flexibility index (Phi) is 4.57. The molecule has 0 aliphatic heterocycles. The third kappa shape index (κ3) is 3.49. The van der Waals surface area contributed by atoms with Crippen molar-refractivity contribution in [2.24, 2.45) is 17.6 Å². The van der Waals surface area contributed by atoms with Gasteiger partial charge in [-0.1, -0.05) is 13.8 Å². The number of rotatable bonds is 4. The molecule has 5 heteroatoms. The van der Waals surface area contributed by atoms with Crippen molar-refractivity contribution >= 4 is 11.6 Å². The maximum absolute atomic E-state index is 13.3. The second kappa shape index (κ2) is 5.72. The second-order valence-corrected chi connectivity index (χ2v) is 4.20. The molecule has 0 radical (unpaired) electrons. The third-order valence-corrected chi connectivity index (χ3v) is 2.58. The number of nitrogens with two attached hydrogens (primary N) is 1. The van der Waals surface area contributed by atoms with Crippen molar-refractivity contribution in [1.82, 2.24) is 0 Å². The largest absolute Gasteiger partial charge is 0.330 e. The Labute approximate surface area is 99.0 Å². The van der Waals surface area contributed by atoms with Gasteiger partial charge >= 0.3 is 0 Å². The highest BCUT2D eigenvalue weighted by Crippen LogP contribution is 2.18. The lowest BCUT2D eigenvalue weighted by Gasteiger charge is -2.18. The summed E-state index contributed by atoms with van der Waals surface area (Å²) in [5, 5.41) is 2.35. The Hall–Kier alpha value is -1.49. The average molecular weight is 242 g/mol. The highest BCUT2D eigenvalue weighted by molar-refractivity contribution is 5.92. The molecule has 0 aliphatic carbocycles. The van der Waals surface area contributed by atoms with Gasteiger partial charge in [0.1, 0.15) is 11.6 Å². The number of carbonyl (C=O) groups excluding carboxylic acids is 1. The molecule has 17 heavy (non-hydrogen) atoms. The van der Waals surface area contributed by atoms with Crippen molar-refractivity contribution in [3.05, 3.63) is 29.8 Å². The van der Waals surface area contributed by atoms with Crippen molar-refractivity contribution in [3.8, 4) is 0 Å². The molecule has 0 bridgehead atoms. The summed E-state index contributed by atoms with van der Waals surface area (Å²) in [4.78, 5) is 11.8. The predicted octanol–water partition coefficient (Wildman–Crippen LogP) is 2.13. The maximum Gasteiger partial charge on any atom is 0.229 e. The lowest BCUT2D eigenvalue weighted by atomic mass is 9.95. The van der Waals surface area contributed by atoms with Crippen LogP contribution in [0.15, 0.2) is 18.2 Å². The summed E-state index contributed by atoms with van der Waals surface area (Å²) >= 11 is 0. The Bertz CT molecular complexity index is 407. The summed E-state index contributed by atoms with van der Waals surface area (Å²) < 4.78 is 26.2. The summed E-state index contributed by atoms with van der Waals surface area (Å²) in [7, 11) is 0. The van der Waals surface area contributed by atoms with Gasteiger partial charge in [-0.2, -0.15) is 0 Å². The van der Waals surface area contributed by atoms with Gasteiger partial charge in [0, 0.05) is 12.6 Å². The van der Waals surface area contributed by atoms with Crippen LogP contribution in [0.5, 0.6) is 0 Å². The van der Waals surface area contributed by atoms with E-state index in [-0.39, 0.29) is 18.2 Å². The van der Waals surface area contributed by atoms with E-state index in [2.05, 4.69) is 5.32 Å². The van der Waals surface area contributed by atoms with Crippen molar-refractivity contribution in [3.63, 3.8) is 0 Å². The van der Waals surface area contributed by atoms with Gasteiger partial charge in [-0.15, -0.1) is 0 Å². The molecule has 1 unspecified atom stereocenters. The number of hydrogen-bond donors (Lipinski definition) is 2. The topological polar surface area (TPSA) is 55.1 Å². The third-order valence-electron chi connectivity index (χ3n) is 2.58. The smallest absolute Gasteiger partial charge is 0.229 e. The van der Waals surface area contributed by atoms with Crippen molar-refractivity contribution in [2.45, 2.75) is 13.8 Å². The van der Waals surface area contributed by atoms with Crippen LogP contribution >= 0.6 is 0 Å². The van der Waals surface area contributed by atoms with E-state index in [1.54, 1.807) is 0 Å². The molecular weight excluding hydrogens is 226 g/mol. The van der Waals surface area contributed by atoms with Crippen LogP contribution in [0.25, 0.3) is 0 Å². The first kappa shape index (κ1) is 13.6. The Morgan fingerprint density at radius 2 is 2.06 bits per heavy atom. The van der Waals surface area contributed by atoms with Crippen LogP contribution in [-0.2, 0) is 4.79 Å². The quantitative estimate of drug-likeness (QED) is 0.849. The molecule has 0 spiro atoms. The molecule has 1 atom stereocenters. The predicted molar refractivity (Wildman–Crippen MR) is 62.4 cm³/mol. The number of halogens is 2. The molecule has 1 aromatic rings. The highest BCUT2D eigenvalue weighted by Gasteiger charge is 2.21. The number of nitrogens with one attached hydrogen (secondary N) is 1. The molecule has 1 amide bonds. The summed E-state index contributed by atoms with van der Waals surface area (Å²) in [5.41, 5.74) is 5.31. The zero-order valence-electron chi connectivity index (χ0n) is 9.84. The molecule has 0 saturated heterocycles. The fourth-order valence-corrected chi connectivity index (χ4v) is 1.50. The number of benzene rings is 1. The first-order valence-electron chi connectivity index (χ1n) is 5.41. The molecule has 1 rings (SSSR count). The molecule has 0 heterocycles. The van der Waals surface area contributed by atoms with E-state index in [0.29, 0.717) is 0 Å². The zero-order valence-corrected chi connectivity index (χ0v) is 9.84. The second-order valence-electron chi connectivity index (χ2n) is 4.20. The number of amides is 1. The van der Waals surface area contributed by atoms with Crippen molar-refractivity contribution in [2.75, 3.05) is 11.9 Å². The molecule has 0 saturated carbocycles. The van der Waals surface area contributed by atoms with Crippen LogP contribution in [0.2, 0.25) is 0 Å². The van der Waals surface area contributed by atoms with E-state index < -0.39 is 23.5 Å². The average Bonchev–Trinajstić information content (AvgIpc) is 2.24. The van der Waals surface area contributed by atoms with E-state index in [4.69, 9.17) is 5.73 Å². The maximum atomic E-state index is 13.3. The molecule has 3 N–H and O–H groups in total. The molecule has 0 aliphatic rings. The van der Waals surface area contributed by atoms with Crippen LogP contribution < -0.4 is 11.1 Å². The normalized spacial score (nSPS) is 12.6. The van der Waals surface area contributed by atoms with E-state index in [0.717, 1.165) is 18.2 Å². The van der Waals surface area contributed by atoms with Gasteiger partial charge in [0.2, 0.25) is 5.91 Å². The van der Waals surface area contributed by atoms with Crippen LogP contribution in [-0.4, -0.2) is 12.5 Å². The van der Waals surface area contributed by atoms with Crippen LogP contribution in [0.1, 0.15) is 13.8 Å². The minimum absolute atomic E-state index is 0.0385. The van der Waals surface area contributed by atoms with Crippen molar-refractivity contribution in [1.29, 1.82) is 0 Å². The Morgan fingerprint density at radius 3 is 2.59 bits per heavy atom. The summed E-state index contributed by atoms with van der Waals surface area (Å²) in [6.07, 6.45) is 0. The minimum Gasteiger partial charge on any atom is -0.330 e. The monoisotopic (exact) mass is 242 g/mol. The Balaban J connectivity index is 2.83. The fraction of sp³-hybridized carbons (Fsp3) is 0.417. The van der Waals surface area contributed by atoms with Gasteiger partial charge in [0.25, 0.3) is 0 Å². The van der Waals surface area contributed by atoms with Crippen molar-refractivity contribution < 1.29 is 13.6 Å². The standard InChI is InChI=1S/C12H16F2N2O/c1-7(2)9(6-15)12(17)16-11-5-8(13)3-4-10(11)14/h3-5,7,9H,6,15H2,1-2H3,(H,16,17). The van der Waals surface area contributed by atoms with E-state index in [1.807, 2.05) is 13.8 Å². The first-order chi connectivity index (χ1) is 7.95. The number of carbonyl (C=O) groups is 1. The molecule has 0 fully saturated rings. The number of hydrogen-bond acceptors (Lipinski definition) is 2. The lowest BCUT2D eigenvalue weighted by Crippen LogP contribution is -2.33. The van der Waals surface area contributed by atoms with Crippen LogP contribution in [0.3, 0.4) is 0 Å². The fourth-order valence-electron chi connectivity index (χ4n) is 1.50.